The molecule has 0 spiro atoms. The maximum absolute atomic E-state index is 12.3. The highest BCUT2D eigenvalue weighted by Crippen LogP contribution is 2.52. The molecule has 150 valence electrons. The van der Waals surface area contributed by atoms with Gasteiger partial charge in [0, 0.05) is 44.5 Å². The topological polar surface area (TPSA) is 63.2 Å². The van der Waals surface area contributed by atoms with E-state index >= 15 is 0 Å². The van der Waals surface area contributed by atoms with Crippen molar-refractivity contribution < 1.29 is 28.5 Å². The molecule has 0 bridgehead atoms. The fourth-order valence-corrected chi connectivity index (χ4v) is 4.22. The first-order valence-corrected chi connectivity index (χ1v) is 9.56. The Bertz CT molecular complexity index is 882. The Morgan fingerprint density at radius 1 is 1.00 bits per heavy atom. The van der Waals surface area contributed by atoms with Crippen molar-refractivity contribution in [3.05, 3.63) is 47.5 Å². The van der Waals surface area contributed by atoms with Crippen LogP contribution in [0.5, 0.6) is 17.2 Å². The number of methoxy groups -OCH3 is 2. The van der Waals surface area contributed by atoms with Gasteiger partial charge in [-0.05, 0) is 29.8 Å². The van der Waals surface area contributed by atoms with Crippen molar-refractivity contribution in [1.82, 2.24) is 0 Å². The van der Waals surface area contributed by atoms with E-state index in [0.29, 0.717) is 35.6 Å². The molecule has 1 saturated carbocycles. The van der Waals surface area contributed by atoms with Gasteiger partial charge in [-0.25, -0.2) is 0 Å². The Morgan fingerprint density at radius 2 is 1.69 bits per heavy atom. The summed E-state index contributed by atoms with van der Waals surface area (Å²) in [4.78, 5) is 12.3. The van der Waals surface area contributed by atoms with Gasteiger partial charge in [0.15, 0.2) is 13.6 Å². The molecule has 2 aliphatic rings. The number of hydrogen-bond donors (Lipinski definition) is 0. The SMILES string of the molecule is [B]c1cc(OCOC)cc2c1O[C@H](c1ccc(OCOC)cc1)[C@@H]1CC(=O)C[C@H]21. The maximum Gasteiger partial charge on any atom is 0.188 e. The standard InChI is InChI=1S/C22H23BO6/c1-25-11-27-15-5-3-13(4-6-15)21-18-8-14(24)7-17(18)19-9-16(28-12-26-2)10-20(23)22(19)29-21/h3-6,9-10,17-18,21H,7-8,11-12H2,1-2H3/t17-,18+,21+/m0/s1. The Morgan fingerprint density at radius 3 is 2.38 bits per heavy atom. The van der Waals surface area contributed by atoms with Crippen LogP contribution in [-0.4, -0.2) is 41.4 Å². The van der Waals surface area contributed by atoms with Crippen LogP contribution in [0.1, 0.15) is 36.0 Å². The molecule has 1 aliphatic heterocycles. The number of carbonyl (C=O) groups excluding carboxylic acids is 1. The van der Waals surface area contributed by atoms with Gasteiger partial charge >= 0.3 is 0 Å². The molecule has 0 saturated heterocycles. The van der Waals surface area contributed by atoms with Crippen molar-refractivity contribution in [1.29, 1.82) is 0 Å². The van der Waals surface area contributed by atoms with E-state index in [-0.39, 0.29) is 37.3 Å². The lowest BCUT2D eigenvalue weighted by molar-refractivity contribution is -0.117. The molecule has 2 aromatic rings. The summed E-state index contributed by atoms with van der Waals surface area (Å²) >= 11 is 0. The molecule has 7 heteroatoms. The quantitative estimate of drug-likeness (QED) is 0.532. The lowest BCUT2D eigenvalue weighted by Gasteiger charge is -2.37. The van der Waals surface area contributed by atoms with Gasteiger partial charge in [-0.2, -0.15) is 0 Å². The third kappa shape index (κ3) is 3.98. The summed E-state index contributed by atoms with van der Waals surface area (Å²) in [6.07, 6.45) is 0.725. The zero-order chi connectivity index (χ0) is 20.4. The highest BCUT2D eigenvalue weighted by Gasteiger charge is 2.45. The number of ketones is 1. The summed E-state index contributed by atoms with van der Waals surface area (Å²) in [7, 11) is 9.43. The van der Waals surface area contributed by atoms with Crippen LogP contribution < -0.4 is 19.7 Å². The van der Waals surface area contributed by atoms with Crippen LogP contribution in [0.25, 0.3) is 0 Å². The van der Waals surface area contributed by atoms with E-state index in [1.54, 1.807) is 20.3 Å². The van der Waals surface area contributed by atoms with E-state index in [4.69, 9.17) is 31.5 Å². The molecule has 1 aliphatic carbocycles. The van der Waals surface area contributed by atoms with Crippen molar-refractivity contribution in [3.63, 3.8) is 0 Å². The van der Waals surface area contributed by atoms with Gasteiger partial charge < -0.3 is 23.7 Å². The van der Waals surface area contributed by atoms with Crippen molar-refractivity contribution in [2.24, 2.45) is 5.92 Å². The molecular weight excluding hydrogens is 371 g/mol. The zero-order valence-electron chi connectivity index (χ0n) is 16.6. The number of Topliss-reactive ketones (excluding diaryl/α,β-unsaturated/α-hetero) is 1. The predicted molar refractivity (Wildman–Crippen MR) is 107 cm³/mol. The number of ether oxygens (including phenoxy) is 5. The van der Waals surface area contributed by atoms with Crippen molar-refractivity contribution in [3.8, 4) is 17.2 Å². The van der Waals surface area contributed by atoms with Crippen LogP contribution >= 0.6 is 0 Å². The molecule has 29 heavy (non-hydrogen) atoms. The van der Waals surface area contributed by atoms with Crippen molar-refractivity contribution in [2.45, 2.75) is 24.9 Å². The van der Waals surface area contributed by atoms with Gasteiger partial charge in [-0.3, -0.25) is 4.79 Å². The number of fused-ring (bicyclic) bond motifs is 3. The van der Waals surface area contributed by atoms with Crippen molar-refractivity contribution in [2.75, 3.05) is 27.8 Å². The summed E-state index contributed by atoms with van der Waals surface area (Å²) in [5.41, 5.74) is 2.42. The molecule has 4 rings (SSSR count). The van der Waals surface area contributed by atoms with Gasteiger partial charge in [0.2, 0.25) is 0 Å². The zero-order valence-corrected chi connectivity index (χ0v) is 16.6. The minimum Gasteiger partial charge on any atom is -0.486 e. The first-order chi connectivity index (χ1) is 14.1. The van der Waals surface area contributed by atoms with Crippen LogP contribution in [0, 0.1) is 5.92 Å². The summed E-state index contributed by atoms with van der Waals surface area (Å²) in [5, 5.41) is 0. The lowest BCUT2D eigenvalue weighted by Crippen LogP contribution is -2.30. The molecule has 0 unspecified atom stereocenters. The highest BCUT2D eigenvalue weighted by molar-refractivity contribution is 6.34. The van der Waals surface area contributed by atoms with Gasteiger partial charge in [0.1, 0.15) is 37.0 Å². The number of rotatable bonds is 7. The normalized spacial score (nSPS) is 22.6. The second-order valence-electron chi connectivity index (χ2n) is 7.36. The third-order valence-electron chi connectivity index (χ3n) is 5.48. The molecule has 0 N–H and O–H groups in total. The molecule has 0 aromatic heterocycles. The Labute approximate surface area is 171 Å². The Balaban J connectivity index is 1.66. The fourth-order valence-electron chi connectivity index (χ4n) is 4.22. The monoisotopic (exact) mass is 394 g/mol. The van der Waals surface area contributed by atoms with Crippen LogP contribution in [0.2, 0.25) is 0 Å². The van der Waals surface area contributed by atoms with E-state index < -0.39 is 0 Å². The first-order valence-electron chi connectivity index (χ1n) is 9.56. The van der Waals surface area contributed by atoms with Crippen LogP contribution in [0.15, 0.2) is 36.4 Å². The molecule has 6 nitrogen and oxygen atoms in total. The Hall–Kier alpha value is -2.51. The summed E-state index contributed by atoms with van der Waals surface area (Å²) in [5.74, 6) is 2.30. The smallest absolute Gasteiger partial charge is 0.188 e. The molecule has 2 radical (unpaired) electrons. The third-order valence-corrected chi connectivity index (χ3v) is 5.48. The molecule has 0 amide bonds. The molecule has 3 atom stereocenters. The predicted octanol–water partition coefficient (Wildman–Crippen LogP) is 2.64. The molecule has 2 aromatic carbocycles. The molecule has 1 heterocycles. The van der Waals surface area contributed by atoms with Crippen LogP contribution in [0.4, 0.5) is 0 Å². The number of carbonyl (C=O) groups is 1. The average molecular weight is 394 g/mol. The second kappa shape index (κ2) is 8.47. The maximum atomic E-state index is 12.3. The fraction of sp³-hybridized carbons (Fsp3) is 0.409. The van der Waals surface area contributed by atoms with Gasteiger partial charge in [-0.1, -0.05) is 17.6 Å². The van der Waals surface area contributed by atoms with E-state index in [1.807, 2.05) is 30.3 Å². The van der Waals surface area contributed by atoms with Crippen LogP contribution in [0.3, 0.4) is 0 Å². The number of benzene rings is 2. The van der Waals surface area contributed by atoms with E-state index in [9.17, 15) is 4.79 Å². The summed E-state index contributed by atoms with van der Waals surface area (Å²) in [6, 6.07) is 11.3. The molecule has 1 fully saturated rings. The Kier molecular flexibility index (Phi) is 5.78. The van der Waals surface area contributed by atoms with E-state index in [0.717, 1.165) is 11.1 Å². The number of hydrogen-bond acceptors (Lipinski definition) is 6. The lowest BCUT2D eigenvalue weighted by atomic mass is 9.77. The van der Waals surface area contributed by atoms with Gasteiger partial charge in [-0.15, -0.1) is 0 Å². The second-order valence-corrected chi connectivity index (χ2v) is 7.36. The average Bonchev–Trinajstić information content (AvgIpc) is 3.12. The summed E-state index contributed by atoms with van der Waals surface area (Å²) < 4.78 is 27.3. The van der Waals surface area contributed by atoms with E-state index in [2.05, 4.69) is 0 Å². The van der Waals surface area contributed by atoms with Crippen molar-refractivity contribution >= 4 is 19.1 Å². The van der Waals surface area contributed by atoms with E-state index in [1.165, 1.54) is 0 Å². The molecular formula is C22H23BO6. The summed E-state index contributed by atoms with van der Waals surface area (Å²) in [6.45, 7) is 0.322. The minimum atomic E-state index is -0.247. The first kappa shape index (κ1) is 19.8. The van der Waals surface area contributed by atoms with Gasteiger partial charge in [0.05, 0.1) is 0 Å². The highest BCUT2D eigenvalue weighted by atomic mass is 16.7. The minimum absolute atomic E-state index is 0.0501. The largest absolute Gasteiger partial charge is 0.486 e. The van der Waals surface area contributed by atoms with Gasteiger partial charge in [0.25, 0.3) is 0 Å². The van der Waals surface area contributed by atoms with Crippen LogP contribution in [-0.2, 0) is 14.3 Å².